The first-order valence-corrected chi connectivity index (χ1v) is 40.6. The first-order chi connectivity index (χ1) is 47.6. The molecular weight excluding hydrogens is 1250 g/mol. The van der Waals surface area contributed by atoms with E-state index < -0.39 is 11.9 Å². The summed E-state index contributed by atoms with van der Waals surface area (Å²) in [6.45, 7) is 42.0. The number of nitrogens with zero attached hydrogens (tertiary/aromatic N) is 2. The van der Waals surface area contributed by atoms with E-state index in [1.165, 1.54) is 89.9 Å². The van der Waals surface area contributed by atoms with E-state index in [1.807, 2.05) is 27.7 Å². The Kier molecular flexibility index (Phi) is 36.2. The molecule has 0 bridgehead atoms. The smallest absolute Gasteiger partial charge is 0.311 e. The average Bonchev–Trinajstić information content (AvgIpc) is 0.767. The molecule has 2 fully saturated rings. The highest BCUT2D eigenvalue weighted by Crippen LogP contribution is 2.47. The summed E-state index contributed by atoms with van der Waals surface area (Å²) in [7, 11) is 0. The van der Waals surface area contributed by atoms with Crippen LogP contribution >= 0.6 is 0 Å². The summed E-state index contributed by atoms with van der Waals surface area (Å²) in [6.07, 6.45) is 33.1. The molecule has 6 atom stereocenters. The van der Waals surface area contributed by atoms with Gasteiger partial charge in [0, 0.05) is 24.2 Å². The number of piperidine rings is 2. The lowest BCUT2D eigenvalue weighted by Gasteiger charge is -2.38. The molecule has 2 saturated heterocycles. The van der Waals surface area contributed by atoms with E-state index >= 15 is 0 Å². The molecule has 0 saturated carbocycles. The third-order valence-corrected chi connectivity index (χ3v) is 23.7. The van der Waals surface area contributed by atoms with Crippen molar-refractivity contribution in [3.63, 3.8) is 0 Å². The number of carbonyl (C=O) groups excluding carboxylic acids is 5. The first-order valence-electron chi connectivity index (χ1n) is 40.6. The molecule has 0 amide bonds. The summed E-state index contributed by atoms with van der Waals surface area (Å²) in [5.41, 5.74) is 7.56. The van der Waals surface area contributed by atoms with E-state index in [-0.39, 0.29) is 54.8 Å². The third kappa shape index (κ3) is 29.1. The quantitative estimate of drug-likeness (QED) is 0.0267. The van der Waals surface area contributed by atoms with Gasteiger partial charge in [0.2, 0.25) is 0 Å². The Morgan fingerprint density at radius 3 is 1.11 bits per heavy atom. The zero-order valence-electron chi connectivity index (χ0n) is 66.3. The van der Waals surface area contributed by atoms with Gasteiger partial charge in [0.1, 0.15) is 34.2 Å². The maximum absolute atomic E-state index is 13.2. The van der Waals surface area contributed by atoms with Crippen molar-refractivity contribution in [3.8, 4) is 23.0 Å². The molecule has 6 rings (SSSR count). The van der Waals surface area contributed by atoms with Crippen LogP contribution in [0.3, 0.4) is 0 Å². The van der Waals surface area contributed by atoms with Gasteiger partial charge in [-0.15, -0.1) is 0 Å². The molecule has 0 aromatic heterocycles. The molecule has 0 aliphatic carbocycles. The molecule has 0 N–H and O–H groups in total. The molecule has 568 valence electrons. The Labute approximate surface area is 608 Å². The molecule has 2 aromatic carbocycles. The lowest BCUT2D eigenvalue weighted by atomic mass is 9.83. The largest absolute Gasteiger partial charge is 0.487 e. The van der Waals surface area contributed by atoms with Gasteiger partial charge in [-0.05, 0) is 259 Å². The molecule has 0 radical (unpaired) electrons. The Morgan fingerprint density at radius 2 is 0.730 bits per heavy atom. The lowest BCUT2D eigenvalue weighted by Crippen LogP contribution is -2.37. The van der Waals surface area contributed by atoms with E-state index in [2.05, 4.69) is 92.9 Å². The van der Waals surface area contributed by atoms with Crippen LogP contribution in [0.25, 0.3) is 0 Å². The van der Waals surface area contributed by atoms with Crippen LogP contribution in [0.2, 0.25) is 0 Å². The monoisotopic (exact) mass is 1400 g/mol. The second kappa shape index (κ2) is 42.9. The molecule has 4 aliphatic heterocycles. The highest BCUT2D eigenvalue weighted by molar-refractivity contribution is 5.81. The number of benzene rings is 2. The number of likely N-dealkylation sites (tertiary alicyclic amines) is 2. The second-order valence-electron chi connectivity index (χ2n) is 33.7. The molecule has 6 unspecified atom stereocenters. The van der Waals surface area contributed by atoms with Gasteiger partial charge in [0.15, 0.2) is 0 Å². The van der Waals surface area contributed by atoms with Crippen LogP contribution in [-0.4, -0.2) is 110 Å². The third-order valence-electron chi connectivity index (χ3n) is 23.7. The predicted octanol–water partition coefficient (Wildman–Crippen LogP) is 20.3. The standard InChI is InChI=1S/C86H142N2O12/c1-60(2)24-17-26-62(5)28-19-30-64(7)32-21-47-85(15)49-38-74-70(13)81(66(9)68(11)83(74)99-85)97-79(92)36-34-76(89)95-58-45-72-40-52-87(53-41-72)51-23-57-94-78(91)44-56-88-54-42-73(43-55-88)46-59-96-77(90)35-37-80(93)98-82-67(10)69(12)84-75(71(82)14)39-50-86(16,100-84)48-22-33-65(8)31-20-29-63(6)27-18-25-61(3)4/h60-65,72-73H,17-59H2,1-16H3. The topological polar surface area (TPSA) is 156 Å². The Balaban J connectivity index is 0.744. The predicted molar refractivity (Wildman–Crippen MR) is 405 cm³/mol. The minimum Gasteiger partial charge on any atom is -0.487 e. The van der Waals surface area contributed by atoms with Crippen LogP contribution < -0.4 is 18.9 Å². The lowest BCUT2D eigenvalue weighted by molar-refractivity contribution is -0.147. The van der Waals surface area contributed by atoms with Crippen LogP contribution in [0.4, 0.5) is 0 Å². The van der Waals surface area contributed by atoms with Gasteiger partial charge in [-0.3, -0.25) is 24.0 Å². The summed E-state index contributed by atoms with van der Waals surface area (Å²) in [4.78, 5) is 69.4. The molecule has 2 aromatic rings. The number of hydrogen-bond acceptors (Lipinski definition) is 14. The van der Waals surface area contributed by atoms with Crippen molar-refractivity contribution in [3.05, 3.63) is 44.5 Å². The van der Waals surface area contributed by atoms with Crippen LogP contribution in [0.5, 0.6) is 23.0 Å². The minimum absolute atomic E-state index is 0.0140. The van der Waals surface area contributed by atoms with Crippen molar-refractivity contribution in [1.29, 1.82) is 0 Å². The normalized spacial score (nSPS) is 19.7. The zero-order chi connectivity index (χ0) is 72.9. The molecule has 4 aliphatic rings. The van der Waals surface area contributed by atoms with Crippen LogP contribution in [0.15, 0.2) is 0 Å². The van der Waals surface area contributed by atoms with Crippen molar-refractivity contribution in [2.75, 3.05) is 59.1 Å². The van der Waals surface area contributed by atoms with Crippen molar-refractivity contribution in [1.82, 2.24) is 9.80 Å². The summed E-state index contributed by atoms with van der Waals surface area (Å²) in [5, 5.41) is 0. The molecule has 14 nitrogen and oxygen atoms in total. The summed E-state index contributed by atoms with van der Waals surface area (Å²) >= 11 is 0. The fourth-order valence-corrected chi connectivity index (χ4v) is 16.2. The highest BCUT2D eigenvalue weighted by Gasteiger charge is 2.37. The van der Waals surface area contributed by atoms with Gasteiger partial charge in [0.25, 0.3) is 0 Å². The number of carbonyl (C=O) groups is 5. The number of esters is 5. The SMILES string of the molecule is Cc1c(C)c2c(c(C)c1OC(=O)CCC(=O)OCCC1CCN(CCCOC(=O)CCN3CCC(CCOC(=O)CCC(=O)Oc4c(C)c(C)c5c(c4C)CCC(C)(CCCC(C)CCCC(C)CCCC(C)C)O5)CC3)CC1)CCC(C)(CCCC(C)CCCC(C)CCCC(C)C)O2. The molecule has 0 spiro atoms. The fraction of sp³-hybridized carbons (Fsp3) is 0.802. The zero-order valence-corrected chi connectivity index (χ0v) is 66.3. The number of rotatable bonds is 45. The van der Waals surface area contributed by atoms with Crippen LogP contribution in [-0.2, 0) is 51.0 Å². The Morgan fingerprint density at radius 1 is 0.400 bits per heavy atom. The van der Waals surface area contributed by atoms with E-state index in [0.29, 0.717) is 56.1 Å². The van der Waals surface area contributed by atoms with E-state index in [1.54, 1.807) is 0 Å². The first kappa shape index (κ1) is 84.2. The van der Waals surface area contributed by atoms with E-state index in [4.69, 9.17) is 33.2 Å². The summed E-state index contributed by atoms with van der Waals surface area (Å²) in [5.74, 6) is 6.91. The molecular formula is C86H142N2O12. The maximum atomic E-state index is 13.2. The summed E-state index contributed by atoms with van der Waals surface area (Å²) < 4.78 is 42.5. The van der Waals surface area contributed by atoms with Gasteiger partial charge in [-0.2, -0.15) is 0 Å². The molecule has 100 heavy (non-hydrogen) atoms. The van der Waals surface area contributed by atoms with Crippen molar-refractivity contribution < 1.29 is 57.1 Å². The number of ether oxygens (including phenoxy) is 7. The Hall–Kier alpha value is -4.69. The van der Waals surface area contributed by atoms with Gasteiger partial charge in [0.05, 0.1) is 51.9 Å². The van der Waals surface area contributed by atoms with E-state index in [0.717, 1.165) is 221 Å². The van der Waals surface area contributed by atoms with Gasteiger partial charge < -0.3 is 43.0 Å². The van der Waals surface area contributed by atoms with Gasteiger partial charge in [-0.25, -0.2) is 0 Å². The molecule has 4 heterocycles. The number of fused-ring (bicyclic) bond motifs is 2. The van der Waals surface area contributed by atoms with Crippen LogP contribution in [0, 0.1) is 88.9 Å². The van der Waals surface area contributed by atoms with Crippen molar-refractivity contribution >= 4 is 29.8 Å². The van der Waals surface area contributed by atoms with Crippen LogP contribution in [0.1, 0.15) is 319 Å². The Bertz CT molecular complexity index is 2850. The maximum Gasteiger partial charge on any atom is 0.311 e. The number of hydrogen-bond donors (Lipinski definition) is 0. The van der Waals surface area contributed by atoms with Gasteiger partial charge in [-0.1, -0.05) is 145 Å². The van der Waals surface area contributed by atoms with E-state index in [9.17, 15) is 24.0 Å². The fourth-order valence-electron chi connectivity index (χ4n) is 16.2. The minimum atomic E-state index is -0.432. The highest BCUT2D eigenvalue weighted by atomic mass is 16.6. The van der Waals surface area contributed by atoms with Gasteiger partial charge >= 0.3 is 29.8 Å². The average molecular weight is 1400 g/mol. The molecule has 14 heteroatoms. The second-order valence-corrected chi connectivity index (χ2v) is 33.7. The van der Waals surface area contributed by atoms with Crippen molar-refractivity contribution in [2.24, 2.45) is 47.3 Å². The summed E-state index contributed by atoms with van der Waals surface area (Å²) in [6, 6.07) is 0. The van der Waals surface area contributed by atoms with Crippen molar-refractivity contribution in [2.45, 2.75) is 340 Å².